The van der Waals surface area contributed by atoms with Crippen molar-refractivity contribution in [2.45, 2.75) is 25.8 Å². The van der Waals surface area contributed by atoms with Crippen molar-refractivity contribution in [3.05, 3.63) is 30.1 Å². The summed E-state index contributed by atoms with van der Waals surface area (Å²) in [5.41, 5.74) is 0.948. The number of carboxylic acid groups (broad SMARTS) is 1. The van der Waals surface area contributed by atoms with Crippen LogP contribution in [0.5, 0.6) is 0 Å². The summed E-state index contributed by atoms with van der Waals surface area (Å²) in [6.45, 7) is 2.99. The van der Waals surface area contributed by atoms with E-state index in [2.05, 4.69) is 16.8 Å². The Balaban J connectivity index is 2.21. The molecule has 1 aliphatic heterocycles. The van der Waals surface area contributed by atoms with Crippen LogP contribution in [-0.2, 0) is 0 Å². The molecule has 1 aliphatic rings. The Bertz CT molecular complexity index is 605. The van der Waals surface area contributed by atoms with Gasteiger partial charge in [0.2, 0.25) is 0 Å². The molecule has 1 saturated heterocycles. The third-order valence-electron chi connectivity index (χ3n) is 3.54. The molecule has 0 radical (unpaired) electrons. The highest BCUT2D eigenvalue weighted by atomic mass is 16.4. The Morgan fingerprint density at radius 3 is 3.00 bits per heavy atom. The van der Waals surface area contributed by atoms with Gasteiger partial charge in [0.05, 0.1) is 0 Å². The summed E-state index contributed by atoms with van der Waals surface area (Å²) >= 11 is 0. The number of pyridine rings is 1. The third-order valence-corrected chi connectivity index (χ3v) is 3.54. The van der Waals surface area contributed by atoms with Crippen molar-refractivity contribution in [1.29, 1.82) is 0 Å². The van der Waals surface area contributed by atoms with Crippen molar-refractivity contribution < 1.29 is 9.90 Å². The van der Waals surface area contributed by atoms with Gasteiger partial charge in [0, 0.05) is 18.8 Å². The van der Waals surface area contributed by atoms with E-state index in [4.69, 9.17) is 0 Å². The molecule has 3 heterocycles. The molecule has 0 amide bonds. The summed E-state index contributed by atoms with van der Waals surface area (Å²) < 4.78 is 1.64. The molecule has 1 unspecified atom stereocenters. The molecule has 18 heavy (non-hydrogen) atoms. The van der Waals surface area contributed by atoms with Gasteiger partial charge in [0.1, 0.15) is 5.65 Å². The van der Waals surface area contributed by atoms with E-state index in [0.29, 0.717) is 17.5 Å². The molecule has 2 aromatic rings. The second kappa shape index (κ2) is 4.01. The highest BCUT2D eigenvalue weighted by Crippen LogP contribution is 2.28. The molecule has 94 valence electrons. The minimum Gasteiger partial charge on any atom is -0.476 e. The molecule has 0 aromatic carbocycles. The van der Waals surface area contributed by atoms with Crippen LogP contribution in [0.3, 0.4) is 0 Å². The van der Waals surface area contributed by atoms with E-state index in [9.17, 15) is 9.90 Å². The molecule has 5 nitrogen and oxygen atoms in total. The van der Waals surface area contributed by atoms with Crippen LogP contribution in [0.25, 0.3) is 5.65 Å². The van der Waals surface area contributed by atoms with Crippen LogP contribution >= 0.6 is 0 Å². The molecule has 0 saturated carbocycles. The highest BCUT2D eigenvalue weighted by molar-refractivity contribution is 5.93. The number of imidazole rings is 1. The minimum atomic E-state index is -0.928. The lowest BCUT2D eigenvalue weighted by molar-refractivity contribution is 0.0690. The number of rotatable bonds is 2. The Kier molecular flexibility index (Phi) is 2.47. The van der Waals surface area contributed by atoms with Crippen molar-refractivity contribution in [3.63, 3.8) is 0 Å². The summed E-state index contributed by atoms with van der Waals surface area (Å²) in [5, 5.41) is 9.41. The third kappa shape index (κ3) is 1.54. The van der Waals surface area contributed by atoms with Gasteiger partial charge in [0.15, 0.2) is 11.5 Å². The van der Waals surface area contributed by atoms with Crippen molar-refractivity contribution in [2.24, 2.45) is 0 Å². The number of hydrogen-bond donors (Lipinski definition) is 1. The van der Waals surface area contributed by atoms with Crippen molar-refractivity contribution in [2.75, 3.05) is 11.4 Å². The van der Waals surface area contributed by atoms with Crippen molar-refractivity contribution in [3.8, 4) is 0 Å². The van der Waals surface area contributed by atoms with Gasteiger partial charge in [-0.3, -0.25) is 4.40 Å². The lowest BCUT2D eigenvalue weighted by atomic mass is 10.2. The number of carboxylic acids is 1. The van der Waals surface area contributed by atoms with E-state index in [0.717, 1.165) is 19.4 Å². The van der Waals surface area contributed by atoms with Gasteiger partial charge < -0.3 is 10.0 Å². The smallest absolute Gasteiger partial charge is 0.356 e. The molecule has 5 heteroatoms. The molecule has 0 aliphatic carbocycles. The maximum absolute atomic E-state index is 11.5. The molecule has 0 spiro atoms. The van der Waals surface area contributed by atoms with Crippen LogP contribution in [0.2, 0.25) is 0 Å². The van der Waals surface area contributed by atoms with Gasteiger partial charge in [-0.1, -0.05) is 6.07 Å². The van der Waals surface area contributed by atoms with Crippen LogP contribution < -0.4 is 4.90 Å². The van der Waals surface area contributed by atoms with E-state index in [1.807, 2.05) is 18.2 Å². The minimum absolute atomic E-state index is 0.263. The fourth-order valence-electron chi connectivity index (χ4n) is 2.63. The van der Waals surface area contributed by atoms with Gasteiger partial charge in [-0.25, -0.2) is 9.78 Å². The van der Waals surface area contributed by atoms with Gasteiger partial charge in [0.25, 0.3) is 0 Å². The monoisotopic (exact) mass is 245 g/mol. The molecule has 0 bridgehead atoms. The maximum Gasteiger partial charge on any atom is 0.356 e. The zero-order valence-electron chi connectivity index (χ0n) is 10.2. The normalized spacial score (nSPS) is 19.6. The highest BCUT2D eigenvalue weighted by Gasteiger charge is 2.28. The zero-order valence-corrected chi connectivity index (χ0v) is 10.2. The topological polar surface area (TPSA) is 57.8 Å². The summed E-state index contributed by atoms with van der Waals surface area (Å²) in [5.74, 6) is -0.332. The molecular formula is C13H15N3O2. The molecule has 1 N–H and O–H groups in total. The van der Waals surface area contributed by atoms with Crippen molar-refractivity contribution >= 4 is 17.4 Å². The standard InChI is InChI=1S/C13H15N3O2/c1-9-5-4-8-15(9)12-11(13(17)18)16-7-3-2-6-10(16)14-12/h2-3,6-7,9H,4-5,8H2,1H3,(H,17,18). The first-order chi connectivity index (χ1) is 8.68. The fraction of sp³-hybridized carbons (Fsp3) is 0.385. The molecule has 2 aromatic heterocycles. The zero-order chi connectivity index (χ0) is 12.7. The first kappa shape index (κ1) is 11.1. The number of anilines is 1. The van der Waals surface area contributed by atoms with E-state index in [1.165, 1.54) is 0 Å². The quantitative estimate of drug-likeness (QED) is 0.879. The number of nitrogens with zero attached hydrogens (tertiary/aromatic N) is 3. The van der Waals surface area contributed by atoms with Gasteiger partial charge in [-0.05, 0) is 31.9 Å². The number of aromatic nitrogens is 2. The second-order valence-corrected chi connectivity index (χ2v) is 4.70. The Hall–Kier alpha value is -2.04. The summed E-state index contributed by atoms with van der Waals surface area (Å²) in [6, 6.07) is 5.87. The van der Waals surface area contributed by atoms with E-state index in [-0.39, 0.29) is 5.69 Å². The first-order valence-corrected chi connectivity index (χ1v) is 6.15. The maximum atomic E-state index is 11.5. The van der Waals surface area contributed by atoms with E-state index < -0.39 is 5.97 Å². The average Bonchev–Trinajstić information content (AvgIpc) is 2.91. The molecule has 1 fully saturated rings. The number of hydrogen-bond acceptors (Lipinski definition) is 3. The number of carbonyl (C=O) groups is 1. The Labute approximate surface area is 105 Å². The van der Waals surface area contributed by atoms with Crippen molar-refractivity contribution in [1.82, 2.24) is 9.38 Å². The lowest BCUT2D eigenvalue weighted by Gasteiger charge is -2.21. The van der Waals surface area contributed by atoms with Gasteiger partial charge in [-0.15, -0.1) is 0 Å². The predicted octanol–water partition coefficient (Wildman–Crippen LogP) is 2.02. The molecule has 3 rings (SSSR count). The Morgan fingerprint density at radius 1 is 1.50 bits per heavy atom. The summed E-state index contributed by atoms with van der Waals surface area (Å²) in [4.78, 5) is 18.0. The second-order valence-electron chi connectivity index (χ2n) is 4.70. The van der Waals surface area contributed by atoms with E-state index >= 15 is 0 Å². The summed E-state index contributed by atoms with van der Waals surface area (Å²) in [6.07, 6.45) is 3.93. The van der Waals surface area contributed by atoms with Gasteiger partial charge >= 0.3 is 5.97 Å². The van der Waals surface area contributed by atoms with Crippen LogP contribution in [-0.4, -0.2) is 33.0 Å². The first-order valence-electron chi connectivity index (χ1n) is 6.15. The predicted molar refractivity (Wildman–Crippen MR) is 68.2 cm³/mol. The number of aromatic carboxylic acids is 1. The molecular weight excluding hydrogens is 230 g/mol. The van der Waals surface area contributed by atoms with Gasteiger partial charge in [-0.2, -0.15) is 0 Å². The van der Waals surface area contributed by atoms with Crippen LogP contribution in [0.1, 0.15) is 30.3 Å². The summed E-state index contributed by atoms with van der Waals surface area (Å²) in [7, 11) is 0. The number of fused-ring (bicyclic) bond motifs is 1. The van der Waals surface area contributed by atoms with Crippen LogP contribution in [0.15, 0.2) is 24.4 Å². The molecule has 1 atom stereocenters. The van der Waals surface area contributed by atoms with Crippen LogP contribution in [0.4, 0.5) is 5.82 Å². The largest absolute Gasteiger partial charge is 0.476 e. The van der Waals surface area contributed by atoms with E-state index in [1.54, 1.807) is 10.6 Å². The Morgan fingerprint density at radius 2 is 2.33 bits per heavy atom. The van der Waals surface area contributed by atoms with Crippen LogP contribution in [0, 0.1) is 0 Å². The fourth-order valence-corrected chi connectivity index (χ4v) is 2.63. The average molecular weight is 245 g/mol. The lowest BCUT2D eigenvalue weighted by Crippen LogP contribution is -2.28. The SMILES string of the molecule is CC1CCCN1c1nc2ccccn2c1C(=O)O.